The molecule has 0 unspecified atom stereocenters. The predicted octanol–water partition coefficient (Wildman–Crippen LogP) is 1.29. The van der Waals surface area contributed by atoms with Gasteiger partial charge in [-0.15, -0.1) is 0 Å². The Balaban J connectivity index is 4.69. The van der Waals surface area contributed by atoms with Crippen LogP contribution in [-0.2, 0) is 9.59 Å². The van der Waals surface area contributed by atoms with Crippen LogP contribution < -0.4 is 0 Å². The molecule has 0 rings (SSSR count). The van der Waals surface area contributed by atoms with E-state index in [0.717, 1.165) is 0 Å². The summed E-state index contributed by atoms with van der Waals surface area (Å²) in [6.45, 7) is 3.42. The highest BCUT2D eigenvalue weighted by Crippen LogP contribution is 2.05. The lowest BCUT2D eigenvalue weighted by Gasteiger charge is -2.01. The Morgan fingerprint density at radius 1 is 1.23 bits per heavy atom. The summed E-state index contributed by atoms with van der Waals surface area (Å²) >= 11 is 0. The average molecular weight is 184 g/mol. The number of carboxylic acid groups (broad SMARTS) is 2. The van der Waals surface area contributed by atoms with Gasteiger partial charge in [0.05, 0.1) is 0 Å². The van der Waals surface area contributed by atoms with E-state index in [1.165, 1.54) is 6.08 Å². The van der Waals surface area contributed by atoms with Gasteiger partial charge in [0.25, 0.3) is 0 Å². The topological polar surface area (TPSA) is 74.6 Å². The van der Waals surface area contributed by atoms with Gasteiger partial charge in [-0.05, 0) is 13.8 Å². The van der Waals surface area contributed by atoms with E-state index in [1.807, 2.05) is 0 Å². The Labute approximate surface area is 76.2 Å². The number of carboxylic acids is 2. The van der Waals surface area contributed by atoms with E-state index in [0.29, 0.717) is 5.57 Å². The largest absolute Gasteiger partial charge is 0.480 e. The van der Waals surface area contributed by atoms with E-state index in [4.69, 9.17) is 10.2 Å². The van der Waals surface area contributed by atoms with Crippen molar-refractivity contribution in [2.24, 2.45) is 5.92 Å². The van der Waals surface area contributed by atoms with Crippen LogP contribution in [0.2, 0.25) is 0 Å². The third-order valence-electron chi connectivity index (χ3n) is 1.39. The van der Waals surface area contributed by atoms with Gasteiger partial charge in [-0.25, -0.2) is 0 Å². The average Bonchev–Trinajstić information content (AvgIpc) is 1.99. The van der Waals surface area contributed by atoms with Crippen molar-refractivity contribution in [3.05, 3.63) is 23.8 Å². The smallest absolute Gasteiger partial charge is 0.321 e. The van der Waals surface area contributed by atoms with Crippen molar-refractivity contribution in [2.45, 2.75) is 13.8 Å². The molecule has 0 saturated carbocycles. The molecule has 2 N–H and O–H groups in total. The second-order valence-electron chi connectivity index (χ2n) is 2.56. The molecule has 72 valence electrons. The van der Waals surface area contributed by atoms with E-state index in [-0.39, 0.29) is 0 Å². The van der Waals surface area contributed by atoms with Gasteiger partial charge in [-0.2, -0.15) is 0 Å². The molecule has 0 atom stereocenters. The Kier molecular flexibility index (Phi) is 4.51. The van der Waals surface area contributed by atoms with Crippen LogP contribution in [0.4, 0.5) is 0 Å². The molecule has 4 heteroatoms. The van der Waals surface area contributed by atoms with Crippen molar-refractivity contribution in [1.82, 2.24) is 0 Å². The van der Waals surface area contributed by atoms with Crippen molar-refractivity contribution in [3.8, 4) is 0 Å². The van der Waals surface area contributed by atoms with Crippen LogP contribution in [0.5, 0.6) is 0 Å². The summed E-state index contributed by atoms with van der Waals surface area (Å²) in [6, 6.07) is 0. The molecule has 0 aromatic heterocycles. The van der Waals surface area contributed by atoms with E-state index >= 15 is 0 Å². The summed E-state index contributed by atoms with van der Waals surface area (Å²) in [5.41, 5.74) is 0.623. The molecule has 0 spiro atoms. The number of rotatable bonds is 4. The normalized spacial score (nSPS) is 12.4. The summed E-state index contributed by atoms with van der Waals surface area (Å²) in [5, 5.41) is 17.0. The molecule has 0 saturated heterocycles. The second-order valence-corrected chi connectivity index (χ2v) is 2.56. The van der Waals surface area contributed by atoms with Crippen LogP contribution in [-0.4, -0.2) is 22.2 Å². The Morgan fingerprint density at radius 2 is 1.69 bits per heavy atom. The minimum absolute atomic E-state index is 0.623. The van der Waals surface area contributed by atoms with Crippen LogP contribution in [0.25, 0.3) is 0 Å². The third-order valence-corrected chi connectivity index (χ3v) is 1.39. The Bertz CT molecular complexity index is 249. The molecule has 0 aliphatic carbocycles. The predicted molar refractivity (Wildman–Crippen MR) is 47.3 cm³/mol. The lowest BCUT2D eigenvalue weighted by molar-refractivity contribution is -0.151. The molecule has 0 fully saturated rings. The Morgan fingerprint density at radius 3 is 2.00 bits per heavy atom. The summed E-state index contributed by atoms with van der Waals surface area (Å²) < 4.78 is 0. The third kappa shape index (κ3) is 4.10. The van der Waals surface area contributed by atoms with Crippen LogP contribution in [0.3, 0.4) is 0 Å². The zero-order valence-electron chi connectivity index (χ0n) is 7.52. The fraction of sp³-hybridized carbons (Fsp3) is 0.333. The van der Waals surface area contributed by atoms with E-state index in [9.17, 15) is 9.59 Å². The molecule has 0 radical (unpaired) electrons. The molecule has 0 aliphatic heterocycles. The first kappa shape index (κ1) is 11.4. The number of allylic oxidation sites excluding steroid dienone is 3. The van der Waals surface area contributed by atoms with Crippen molar-refractivity contribution in [3.63, 3.8) is 0 Å². The van der Waals surface area contributed by atoms with Gasteiger partial charge in [0.2, 0.25) is 0 Å². The number of carbonyl (C=O) groups is 2. The van der Waals surface area contributed by atoms with Gasteiger partial charge < -0.3 is 10.2 Å². The standard InChI is InChI=1S/C9H12O4/c1-3-4-6(2)5-7(8(10)11)9(12)13/h3-5,7H,1-2H3,(H,10,11)(H,12,13). The molecule has 13 heavy (non-hydrogen) atoms. The van der Waals surface area contributed by atoms with E-state index in [1.54, 1.807) is 26.0 Å². The van der Waals surface area contributed by atoms with Crippen LogP contribution in [0.1, 0.15) is 13.8 Å². The summed E-state index contributed by atoms with van der Waals surface area (Å²) in [5.74, 6) is -4.16. The molecule has 0 bridgehead atoms. The highest BCUT2D eigenvalue weighted by atomic mass is 16.4. The maximum atomic E-state index is 10.4. The van der Waals surface area contributed by atoms with Gasteiger partial charge >= 0.3 is 11.9 Å². The van der Waals surface area contributed by atoms with Crippen LogP contribution in [0.15, 0.2) is 23.8 Å². The van der Waals surface area contributed by atoms with Crippen LogP contribution >= 0.6 is 0 Å². The number of hydrogen-bond acceptors (Lipinski definition) is 2. The molecule has 0 aromatic carbocycles. The first-order valence-corrected chi connectivity index (χ1v) is 3.75. The van der Waals surface area contributed by atoms with Gasteiger partial charge in [-0.1, -0.05) is 23.8 Å². The van der Waals surface area contributed by atoms with Crippen LogP contribution in [0, 0.1) is 5.92 Å². The van der Waals surface area contributed by atoms with Crippen molar-refractivity contribution in [1.29, 1.82) is 0 Å². The molecule has 0 amide bonds. The monoisotopic (exact) mass is 184 g/mol. The molecule has 0 aromatic rings. The lowest BCUT2D eigenvalue weighted by Crippen LogP contribution is -2.21. The lowest BCUT2D eigenvalue weighted by atomic mass is 10.1. The highest BCUT2D eigenvalue weighted by molar-refractivity contribution is 5.95. The minimum atomic E-state index is -1.46. The van der Waals surface area contributed by atoms with Gasteiger partial charge in [0.1, 0.15) is 0 Å². The fourth-order valence-corrected chi connectivity index (χ4v) is 0.830. The summed E-state index contributed by atoms with van der Waals surface area (Å²) in [4.78, 5) is 20.9. The molecule has 0 heterocycles. The fourth-order valence-electron chi connectivity index (χ4n) is 0.830. The molecule has 4 nitrogen and oxygen atoms in total. The minimum Gasteiger partial charge on any atom is -0.480 e. The second kappa shape index (κ2) is 5.13. The van der Waals surface area contributed by atoms with E-state index < -0.39 is 17.9 Å². The molecular weight excluding hydrogens is 172 g/mol. The van der Waals surface area contributed by atoms with Crippen molar-refractivity contribution >= 4 is 11.9 Å². The maximum absolute atomic E-state index is 10.4. The SMILES string of the molecule is CC=CC(C)=CC(C(=O)O)C(=O)O. The van der Waals surface area contributed by atoms with Gasteiger partial charge in [-0.3, -0.25) is 9.59 Å². The molecule has 0 aliphatic rings. The first-order chi connectivity index (χ1) is 5.99. The van der Waals surface area contributed by atoms with Crippen molar-refractivity contribution < 1.29 is 19.8 Å². The molecular formula is C9H12O4. The number of hydrogen-bond donors (Lipinski definition) is 2. The van der Waals surface area contributed by atoms with E-state index in [2.05, 4.69) is 0 Å². The summed E-state index contributed by atoms with van der Waals surface area (Å²) in [7, 11) is 0. The van der Waals surface area contributed by atoms with Gasteiger partial charge in [0.15, 0.2) is 5.92 Å². The highest BCUT2D eigenvalue weighted by Gasteiger charge is 2.22. The zero-order valence-corrected chi connectivity index (χ0v) is 7.52. The zero-order chi connectivity index (χ0) is 10.4. The maximum Gasteiger partial charge on any atom is 0.321 e. The van der Waals surface area contributed by atoms with Crippen molar-refractivity contribution in [2.75, 3.05) is 0 Å². The Hall–Kier alpha value is -1.58. The number of aliphatic carboxylic acids is 2. The quantitative estimate of drug-likeness (QED) is 0.510. The van der Waals surface area contributed by atoms with Gasteiger partial charge in [0, 0.05) is 0 Å². The summed E-state index contributed by atoms with van der Waals surface area (Å²) in [6.07, 6.45) is 4.57. The first-order valence-electron chi connectivity index (χ1n) is 3.75.